The Morgan fingerprint density at radius 3 is 2.46 bits per heavy atom. The molecule has 2 nitrogen and oxygen atoms in total. The van der Waals surface area contributed by atoms with Crippen LogP contribution in [0.5, 0.6) is 0 Å². The number of aliphatic carboxylic acids is 1. The maximum atomic E-state index is 10.3. The summed E-state index contributed by atoms with van der Waals surface area (Å²) < 4.78 is 0. The van der Waals surface area contributed by atoms with Crippen molar-refractivity contribution in [3.63, 3.8) is 0 Å². The largest absolute Gasteiger partial charge is 0.478 e. The molecule has 2 heteroatoms. The van der Waals surface area contributed by atoms with Gasteiger partial charge in [-0.3, -0.25) is 0 Å². The summed E-state index contributed by atoms with van der Waals surface area (Å²) in [5.74, 6) is -0.0786. The second-order valence-corrected chi connectivity index (χ2v) is 3.97. The maximum absolute atomic E-state index is 10.3. The number of unbranched alkanes of at least 4 members (excludes halogenated alkanes) is 1. The van der Waals surface area contributed by atoms with Crippen LogP contribution in [0.3, 0.4) is 0 Å². The van der Waals surface area contributed by atoms with Gasteiger partial charge in [0, 0.05) is 6.08 Å². The zero-order chi connectivity index (χ0) is 10.3. The van der Waals surface area contributed by atoms with Crippen LogP contribution in [0.15, 0.2) is 11.6 Å². The van der Waals surface area contributed by atoms with Crippen LogP contribution in [-0.4, -0.2) is 11.1 Å². The summed E-state index contributed by atoms with van der Waals surface area (Å²) in [7, 11) is 0. The number of hydrogen-bond donors (Lipinski definition) is 1. The Hall–Kier alpha value is -0.790. The monoisotopic (exact) mass is 184 g/mol. The van der Waals surface area contributed by atoms with Gasteiger partial charge in [-0.15, -0.1) is 0 Å². The molecule has 0 aromatic heterocycles. The van der Waals surface area contributed by atoms with Gasteiger partial charge >= 0.3 is 5.97 Å². The van der Waals surface area contributed by atoms with E-state index in [4.69, 9.17) is 5.11 Å². The molecule has 0 radical (unpaired) electrons. The highest BCUT2D eigenvalue weighted by atomic mass is 16.4. The van der Waals surface area contributed by atoms with Gasteiger partial charge in [0.1, 0.15) is 0 Å². The minimum atomic E-state index is -0.832. The predicted molar refractivity (Wildman–Crippen MR) is 54.7 cm³/mol. The molecule has 0 heterocycles. The van der Waals surface area contributed by atoms with E-state index in [-0.39, 0.29) is 0 Å². The van der Waals surface area contributed by atoms with Crippen LogP contribution in [0.25, 0.3) is 0 Å². The van der Waals surface area contributed by atoms with E-state index in [1.54, 1.807) is 0 Å². The molecule has 0 aliphatic rings. The van der Waals surface area contributed by atoms with Gasteiger partial charge in [0.15, 0.2) is 0 Å². The molecule has 0 fully saturated rings. The first-order valence-electron chi connectivity index (χ1n) is 4.92. The van der Waals surface area contributed by atoms with Crippen LogP contribution in [-0.2, 0) is 4.79 Å². The lowest BCUT2D eigenvalue weighted by molar-refractivity contribution is -0.131. The molecular formula is C11H20O2. The van der Waals surface area contributed by atoms with E-state index >= 15 is 0 Å². The molecule has 0 saturated carbocycles. The molecule has 0 unspecified atom stereocenters. The van der Waals surface area contributed by atoms with Crippen LogP contribution < -0.4 is 0 Å². The number of allylic oxidation sites excluding steroid dienone is 1. The smallest absolute Gasteiger partial charge is 0.328 e. The predicted octanol–water partition coefficient (Wildman–Crippen LogP) is 3.23. The molecule has 13 heavy (non-hydrogen) atoms. The third kappa shape index (κ3) is 9.12. The third-order valence-electron chi connectivity index (χ3n) is 1.97. The van der Waals surface area contributed by atoms with Gasteiger partial charge < -0.3 is 5.11 Å². The zero-order valence-electron chi connectivity index (χ0n) is 8.84. The summed E-state index contributed by atoms with van der Waals surface area (Å²) in [5, 5.41) is 8.45. The lowest BCUT2D eigenvalue weighted by atomic mass is 10.0. The van der Waals surface area contributed by atoms with E-state index in [2.05, 4.69) is 13.8 Å². The number of carbonyl (C=O) groups is 1. The van der Waals surface area contributed by atoms with Crippen molar-refractivity contribution in [1.29, 1.82) is 0 Å². The average Bonchev–Trinajstić information content (AvgIpc) is 1.96. The van der Waals surface area contributed by atoms with Crippen LogP contribution in [0.1, 0.15) is 46.5 Å². The van der Waals surface area contributed by atoms with Gasteiger partial charge in [-0.2, -0.15) is 0 Å². The molecule has 76 valence electrons. The summed E-state index contributed by atoms with van der Waals surface area (Å²) in [5.41, 5.74) is 0.969. The van der Waals surface area contributed by atoms with E-state index in [9.17, 15) is 4.79 Å². The molecule has 0 rings (SSSR count). The summed E-state index contributed by atoms with van der Waals surface area (Å²) in [6.45, 7) is 6.30. The SMILES string of the molecule is C/C(=C\C(=O)O)CCCCC(C)C. The maximum Gasteiger partial charge on any atom is 0.328 e. The molecular weight excluding hydrogens is 164 g/mol. The first-order chi connectivity index (χ1) is 6.02. The van der Waals surface area contributed by atoms with E-state index < -0.39 is 5.97 Å². The van der Waals surface area contributed by atoms with Crippen LogP contribution in [0.2, 0.25) is 0 Å². The lowest BCUT2D eigenvalue weighted by Gasteiger charge is -2.03. The van der Waals surface area contributed by atoms with Crippen LogP contribution >= 0.6 is 0 Å². The molecule has 0 bridgehead atoms. The van der Waals surface area contributed by atoms with Crippen molar-refractivity contribution in [3.8, 4) is 0 Å². The summed E-state index contributed by atoms with van der Waals surface area (Å²) in [6, 6.07) is 0. The molecule has 1 N–H and O–H groups in total. The van der Waals surface area contributed by atoms with Gasteiger partial charge in [-0.1, -0.05) is 32.3 Å². The van der Waals surface area contributed by atoms with E-state index in [0.29, 0.717) is 0 Å². The van der Waals surface area contributed by atoms with Gasteiger partial charge in [-0.25, -0.2) is 4.79 Å². The standard InChI is InChI=1S/C11H20O2/c1-9(2)6-4-5-7-10(3)8-11(12)13/h8-9H,4-7H2,1-3H3,(H,12,13)/b10-8+. The van der Waals surface area contributed by atoms with Crippen molar-refractivity contribution in [2.75, 3.05) is 0 Å². The topological polar surface area (TPSA) is 37.3 Å². The van der Waals surface area contributed by atoms with Crippen molar-refractivity contribution in [3.05, 3.63) is 11.6 Å². The number of hydrogen-bond acceptors (Lipinski definition) is 1. The Bertz CT molecular complexity index is 181. The van der Waals surface area contributed by atoms with Crippen molar-refractivity contribution < 1.29 is 9.90 Å². The molecule has 0 amide bonds. The fraction of sp³-hybridized carbons (Fsp3) is 0.727. The quantitative estimate of drug-likeness (QED) is 0.508. The lowest BCUT2D eigenvalue weighted by Crippen LogP contribution is -1.91. The number of rotatable bonds is 6. The number of carboxylic acid groups (broad SMARTS) is 1. The Labute approximate surface area is 80.7 Å². The Kier molecular flexibility index (Phi) is 6.29. The van der Waals surface area contributed by atoms with Crippen molar-refractivity contribution in [2.45, 2.75) is 46.5 Å². The number of carboxylic acids is 1. The fourth-order valence-corrected chi connectivity index (χ4v) is 1.24. The Balaban J connectivity index is 3.48. The Morgan fingerprint density at radius 2 is 2.00 bits per heavy atom. The van der Waals surface area contributed by atoms with Crippen molar-refractivity contribution >= 4 is 5.97 Å². The van der Waals surface area contributed by atoms with E-state index in [1.807, 2.05) is 6.92 Å². The van der Waals surface area contributed by atoms with Gasteiger partial charge in [0.2, 0.25) is 0 Å². The fourth-order valence-electron chi connectivity index (χ4n) is 1.24. The molecule has 0 aliphatic heterocycles. The summed E-state index contributed by atoms with van der Waals surface area (Å²) in [4.78, 5) is 10.3. The summed E-state index contributed by atoms with van der Waals surface area (Å²) in [6.07, 6.45) is 5.75. The second-order valence-electron chi connectivity index (χ2n) is 3.97. The van der Waals surface area contributed by atoms with E-state index in [1.165, 1.54) is 18.9 Å². The van der Waals surface area contributed by atoms with Crippen molar-refractivity contribution in [2.24, 2.45) is 5.92 Å². The summed E-state index contributed by atoms with van der Waals surface area (Å²) >= 11 is 0. The van der Waals surface area contributed by atoms with Gasteiger partial charge in [-0.05, 0) is 25.7 Å². The second kappa shape index (κ2) is 6.70. The minimum absolute atomic E-state index is 0.753. The first kappa shape index (κ1) is 12.2. The van der Waals surface area contributed by atoms with Crippen molar-refractivity contribution in [1.82, 2.24) is 0 Å². The third-order valence-corrected chi connectivity index (χ3v) is 1.97. The Morgan fingerprint density at radius 1 is 1.38 bits per heavy atom. The zero-order valence-corrected chi connectivity index (χ0v) is 8.84. The first-order valence-corrected chi connectivity index (χ1v) is 4.92. The normalized spacial score (nSPS) is 12.2. The molecule has 0 aliphatic carbocycles. The highest BCUT2D eigenvalue weighted by Crippen LogP contribution is 2.11. The van der Waals surface area contributed by atoms with E-state index in [0.717, 1.165) is 24.3 Å². The highest BCUT2D eigenvalue weighted by Gasteiger charge is 1.96. The molecule has 0 aromatic carbocycles. The molecule has 0 spiro atoms. The molecule has 0 saturated heterocycles. The average molecular weight is 184 g/mol. The van der Waals surface area contributed by atoms with Gasteiger partial charge in [0.25, 0.3) is 0 Å². The minimum Gasteiger partial charge on any atom is -0.478 e. The van der Waals surface area contributed by atoms with Gasteiger partial charge in [0.05, 0.1) is 0 Å². The molecule has 0 aromatic rings. The highest BCUT2D eigenvalue weighted by molar-refractivity contribution is 5.80. The molecule has 0 atom stereocenters. The van der Waals surface area contributed by atoms with Crippen LogP contribution in [0, 0.1) is 5.92 Å². The van der Waals surface area contributed by atoms with Crippen LogP contribution in [0.4, 0.5) is 0 Å².